The Kier molecular flexibility index (Phi) is 10.00. The molecule has 0 aliphatic heterocycles. The lowest BCUT2D eigenvalue weighted by molar-refractivity contribution is -0.145. The number of nitrogens with zero attached hydrogens (tertiary/aromatic N) is 1. The van der Waals surface area contributed by atoms with E-state index >= 15 is 0 Å². The first kappa shape index (κ1) is 32.2. The second-order valence-electron chi connectivity index (χ2n) is 12.3. The molecule has 44 heavy (non-hydrogen) atoms. The number of carbonyl (C=O) groups is 3. The summed E-state index contributed by atoms with van der Waals surface area (Å²) in [6.45, 7) is 9.09. The van der Waals surface area contributed by atoms with Gasteiger partial charge in [-0.1, -0.05) is 48.4 Å². The number of hydrogen-bond donors (Lipinski definition) is 3. The van der Waals surface area contributed by atoms with E-state index in [0.717, 1.165) is 36.0 Å². The predicted octanol–water partition coefficient (Wildman–Crippen LogP) is 6.19. The summed E-state index contributed by atoms with van der Waals surface area (Å²) in [4.78, 5) is 43.6. The number of aryl methyl sites for hydroxylation is 2. The minimum Gasteiger partial charge on any atom is -0.508 e. The molecule has 1 aliphatic rings. The highest BCUT2D eigenvalue weighted by atomic mass is 16.6. The van der Waals surface area contributed by atoms with E-state index in [4.69, 9.17) is 11.2 Å². The first-order valence-corrected chi connectivity index (χ1v) is 14.9. The van der Waals surface area contributed by atoms with Crippen LogP contribution in [0.2, 0.25) is 0 Å². The number of hydrogen-bond acceptors (Lipinski definition) is 5. The molecular weight excluding hydrogens is 554 g/mol. The number of ether oxygens (including phenoxy) is 1. The van der Waals surface area contributed by atoms with Gasteiger partial charge in [0.05, 0.1) is 0 Å². The number of phenols is 1. The van der Waals surface area contributed by atoms with Crippen LogP contribution in [0.4, 0.5) is 10.5 Å². The Hall–Kier alpha value is -4.77. The van der Waals surface area contributed by atoms with Gasteiger partial charge in [0.1, 0.15) is 23.4 Å². The average molecular weight is 596 g/mol. The molecule has 0 bridgehead atoms. The zero-order valence-electron chi connectivity index (χ0n) is 26.0. The molecule has 0 radical (unpaired) electrons. The van der Waals surface area contributed by atoms with Gasteiger partial charge in [0, 0.05) is 23.7 Å². The van der Waals surface area contributed by atoms with Crippen LogP contribution in [0.25, 0.3) is 0 Å². The molecular formula is C36H41N3O5. The number of benzene rings is 3. The molecule has 4 rings (SSSR count). The number of alkyl carbamates (subject to hydrolysis) is 1. The normalized spacial score (nSPS) is 14.4. The second-order valence-corrected chi connectivity index (χ2v) is 12.3. The van der Waals surface area contributed by atoms with Crippen LogP contribution in [0.1, 0.15) is 73.9 Å². The van der Waals surface area contributed by atoms with Crippen molar-refractivity contribution in [2.24, 2.45) is 0 Å². The number of carbonyl (C=O) groups excluding carboxylic acids is 3. The van der Waals surface area contributed by atoms with E-state index in [0.29, 0.717) is 16.8 Å². The number of terminal acetylenes is 1. The second kappa shape index (κ2) is 13.7. The highest BCUT2D eigenvalue weighted by Crippen LogP contribution is 2.35. The van der Waals surface area contributed by atoms with Gasteiger partial charge in [0.15, 0.2) is 0 Å². The summed E-state index contributed by atoms with van der Waals surface area (Å²) in [6, 6.07) is 17.0. The minimum atomic E-state index is -1.05. The van der Waals surface area contributed by atoms with E-state index in [-0.39, 0.29) is 24.1 Å². The quantitative estimate of drug-likeness (QED) is 0.256. The van der Waals surface area contributed by atoms with Gasteiger partial charge in [0.25, 0.3) is 5.91 Å². The Morgan fingerprint density at radius 3 is 2.14 bits per heavy atom. The van der Waals surface area contributed by atoms with E-state index < -0.39 is 29.7 Å². The average Bonchev–Trinajstić information content (AvgIpc) is 2.93. The summed E-state index contributed by atoms with van der Waals surface area (Å²) in [6.07, 6.45) is 7.36. The van der Waals surface area contributed by atoms with Crippen LogP contribution in [-0.4, -0.2) is 45.6 Å². The fourth-order valence-electron chi connectivity index (χ4n) is 5.28. The monoisotopic (exact) mass is 595 g/mol. The molecule has 0 heterocycles. The van der Waals surface area contributed by atoms with Crippen molar-refractivity contribution >= 4 is 23.6 Å². The van der Waals surface area contributed by atoms with Crippen molar-refractivity contribution in [2.45, 2.75) is 84.0 Å². The summed E-state index contributed by atoms with van der Waals surface area (Å²) in [5.41, 5.74) is 3.69. The van der Waals surface area contributed by atoms with Crippen molar-refractivity contribution in [1.29, 1.82) is 0 Å². The molecule has 3 aromatic carbocycles. The molecule has 1 fully saturated rings. The van der Waals surface area contributed by atoms with Gasteiger partial charge in [-0.3, -0.25) is 9.59 Å². The molecule has 0 saturated heterocycles. The molecule has 8 nitrogen and oxygen atoms in total. The lowest BCUT2D eigenvalue weighted by Gasteiger charge is -2.43. The molecule has 0 aromatic heterocycles. The molecule has 2 unspecified atom stereocenters. The van der Waals surface area contributed by atoms with E-state index in [1.165, 1.54) is 12.1 Å². The number of para-hydroxylation sites is 1. The van der Waals surface area contributed by atoms with Crippen molar-refractivity contribution < 1.29 is 24.2 Å². The third-order valence-electron chi connectivity index (χ3n) is 7.74. The zero-order valence-corrected chi connectivity index (χ0v) is 26.0. The summed E-state index contributed by atoms with van der Waals surface area (Å²) in [5.74, 6) is 1.92. The fraction of sp³-hybridized carbons (Fsp3) is 0.361. The summed E-state index contributed by atoms with van der Waals surface area (Å²) in [5, 5.41) is 15.7. The van der Waals surface area contributed by atoms with Gasteiger partial charge >= 0.3 is 6.09 Å². The maximum absolute atomic E-state index is 14.7. The van der Waals surface area contributed by atoms with Crippen LogP contribution in [0.3, 0.4) is 0 Å². The van der Waals surface area contributed by atoms with Crippen molar-refractivity contribution in [3.63, 3.8) is 0 Å². The summed E-state index contributed by atoms with van der Waals surface area (Å²) in [7, 11) is 0. The Morgan fingerprint density at radius 1 is 1.00 bits per heavy atom. The minimum absolute atomic E-state index is 0.0893. The molecule has 230 valence electrons. The Bertz CT molecular complexity index is 1510. The summed E-state index contributed by atoms with van der Waals surface area (Å²) < 4.78 is 5.52. The smallest absolute Gasteiger partial charge is 0.408 e. The van der Waals surface area contributed by atoms with Crippen LogP contribution in [-0.2, 0) is 20.7 Å². The molecule has 3 aromatic rings. The van der Waals surface area contributed by atoms with Gasteiger partial charge in [-0.2, -0.15) is 0 Å². The van der Waals surface area contributed by atoms with Crippen LogP contribution >= 0.6 is 0 Å². The lowest BCUT2D eigenvalue weighted by Crippen LogP contribution is -2.57. The standard InChI is InChI=1S/C36H41N3O5/c1-7-25-14-18-27(19-15-25)32(33(41)38-31-23(2)10-8-11-24(31)3)39(28-12-9-13-28)34(42)30(37-35(43)44-36(4,5)6)22-26-16-20-29(40)21-17-26/h1,8,10-11,14-21,28,30,32,40H,9,12-13,22H2,2-6H3,(H,37,43)(H,38,41). The third kappa shape index (κ3) is 7.99. The number of aromatic hydroxyl groups is 1. The summed E-state index contributed by atoms with van der Waals surface area (Å²) >= 11 is 0. The van der Waals surface area contributed by atoms with Crippen molar-refractivity contribution in [1.82, 2.24) is 10.2 Å². The van der Waals surface area contributed by atoms with E-state index in [1.807, 2.05) is 32.0 Å². The highest BCUT2D eigenvalue weighted by molar-refractivity contribution is 6.00. The van der Waals surface area contributed by atoms with Crippen molar-refractivity contribution in [2.75, 3.05) is 5.32 Å². The number of anilines is 1. The molecule has 8 heteroatoms. The molecule has 1 aliphatic carbocycles. The highest BCUT2D eigenvalue weighted by Gasteiger charge is 2.42. The topological polar surface area (TPSA) is 108 Å². The third-order valence-corrected chi connectivity index (χ3v) is 7.74. The van der Waals surface area contributed by atoms with Crippen LogP contribution in [0.5, 0.6) is 5.75 Å². The van der Waals surface area contributed by atoms with E-state index in [2.05, 4.69) is 16.6 Å². The maximum Gasteiger partial charge on any atom is 0.408 e. The number of nitrogens with one attached hydrogen (secondary N) is 2. The molecule has 3 N–H and O–H groups in total. The molecule has 3 amide bonds. The van der Waals surface area contributed by atoms with E-state index in [1.54, 1.807) is 62.1 Å². The molecule has 0 spiro atoms. The Morgan fingerprint density at radius 2 is 1.61 bits per heavy atom. The first-order chi connectivity index (χ1) is 20.9. The van der Waals surface area contributed by atoms with Crippen LogP contribution < -0.4 is 10.6 Å². The van der Waals surface area contributed by atoms with Crippen molar-refractivity contribution in [3.8, 4) is 18.1 Å². The Balaban J connectivity index is 1.78. The molecule has 2 atom stereocenters. The maximum atomic E-state index is 14.7. The van der Waals surface area contributed by atoms with E-state index in [9.17, 15) is 19.5 Å². The first-order valence-electron chi connectivity index (χ1n) is 14.9. The van der Waals surface area contributed by atoms with Crippen molar-refractivity contribution in [3.05, 3.63) is 94.5 Å². The number of amides is 3. The SMILES string of the molecule is C#Cc1ccc(C(C(=O)Nc2c(C)cccc2C)N(C(=O)C(Cc2ccc(O)cc2)NC(=O)OC(C)(C)C)C2CCC2)cc1. The van der Waals surface area contributed by atoms with Crippen LogP contribution in [0.15, 0.2) is 66.7 Å². The fourth-order valence-corrected chi connectivity index (χ4v) is 5.28. The largest absolute Gasteiger partial charge is 0.508 e. The predicted molar refractivity (Wildman–Crippen MR) is 171 cm³/mol. The zero-order chi connectivity index (χ0) is 32.0. The molecule has 1 saturated carbocycles. The van der Waals surface area contributed by atoms with Gasteiger partial charge < -0.3 is 25.4 Å². The van der Waals surface area contributed by atoms with Gasteiger partial charge in [-0.25, -0.2) is 4.79 Å². The number of rotatable bonds is 9. The van der Waals surface area contributed by atoms with Gasteiger partial charge in [0.2, 0.25) is 5.91 Å². The Labute approximate surface area is 259 Å². The van der Waals surface area contributed by atoms with Gasteiger partial charge in [-0.15, -0.1) is 6.42 Å². The lowest BCUT2D eigenvalue weighted by atomic mass is 9.87. The van der Waals surface area contributed by atoms with Gasteiger partial charge in [-0.05, 0) is 100 Å². The van der Waals surface area contributed by atoms with Crippen LogP contribution in [0, 0.1) is 26.2 Å². The number of phenolic OH excluding ortho intramolecular Hbond substituents is 1.